The lowest BCUT2D eigenvalue weighted by atomic mass is 10.2. The van der Waals surface area contributed by atoms with Crippen molar-refractivity contribution < 1.29 is 19.0 Å². The van der Waals surface area contributed by atoms with Crippen molar-refractivity contribution in [1.82, 2.24) is 4.98 Å². The molecule has 7 heteroatoms. The molecule has 27 heavy (non-hydrogen) atoms. The Bertz CT molecular complexity index is 927. The van der Waals surface area contributed by atoms with Crippen molar-refractivity contribution in [2.24, 2.45) is 0 Å². The zero-order valence-corrected chi connectivity index (χ0v) is 15.3. The van der Waals surface area contributed by atoms with Crippen molar-refractivity contribution in [1.29, 1.82) is 0 Å². The Hall–Kier alpha value is -3.06. The van der Waals surface area contributed by atoms with Gasteiger partial charge in [0.1, 0.15) is 30.6 Å². The van der Waals surface area contributed by atoms with Gasteiger partial charge in [-0.25, -0.2) is 4.98 Å². The summed E-state index contributed by atoms with van der Waals surface area (Å²) in [5.74, 6) is 2.01. The van der Waals surface area contributed by atoms with Gasteiger partial charge in [0.25, 0.3) is 0 Å². The number of thiazole rings is 1. The molecule has 0 bridgehead atoms. The first-order valence-corrected chi connectivity index (χ1v) is 9.45. The van der Waals surface area contributed by atoms with Gasteiger partial charge in [0.05, 0.1) is 12.1 Å². The summed E-state index contributed by atoms with van der Waals surface area (Å²) < 4.78 is 16.7. The van der Waals surface area contributed by atoms with Crippen molar-refractivity contribution in [2.45, 2.75) is 13.0 Å². The zero-order chi connectivity index (χ0) is 18.5. The van der Waals surface area contributed by atoms with Gasteiger partial charge in [-0.15, -0.1) is 11.3 Å². The Morgan fingerprint density at radius 2 is 1.93 bits per heavy atom. The SMILES string of the molecule is O=C(Cc1csc(COc2ccccc2)n1)Nc1ccc2c(c1)OCCO2. The minimum absolute atomic E-state index is 0.132. The monoisotopic (exact) mass is 382 g/mol. The number of hydrogen-bond donors (Lipinski definition) is 1. The van der Waals surface area contributed by atoms with Gasteiger partial charge in [0.2, 0.25) is 5.91 Å². The first-order valence-electron chi connectivity index (χ1n) is 8.57. The van der Waals surface area contributed by atoms with Crippen LogP contribution in [0.2, 0.25) is 0 Å². The average molecular weight is 382 g/mol. The summed E-state index contributed by atoms with van der Waals surface area (Å²) in [4.78, 5) is 16.8. The fraction of sp³-hybridized carbons (Fsp3) is 0.200. The van der Waals surface area contributed by atoms with E-state index in [9.17, 15) is 4.79 Å². The second kappa shape index (κ2) is 8.09. The first kappa shape index (κ1) is 17.4. The molecule has 0 aliphatic carbocycles. The summed E-state index contributed by atoms with van der Waals surface area (Å²) in [6, 6.07) is 14.9. The Balaban J connectivity index is 1.31. The number of fused-ring (bicyclic) bond motifs is 1. The number of amides is 1. The molecule has 1 aliphatic heterocycles. The van der Waals surface area contributed by atoms with Crippen LogP contribution in [0.4, 0.5) is 5.69 Å². The summed E-state index contributed by atoms with van der Waals surface area (Å²) >= 11 is 1.48. The summed E-state index contributed by atoms with van der Waals surface area (Å²) in [7, 11) is 0. The highest BCUT2D eigenvalue weighted by Gasteiger charge is 2.14. The molecule has 0 atom stereocenters. The zero-order valence-electron chi connectivity index (χ0n) is 14.5. The largest absolute Gasteiger partial charge is 0.486 e. The second-order valence-corrected chi connectivity index (χ2v) is 6.86. The molecule has 1 aromatic heterocycles. The lowest BCUT2D eigenvalue weighted by Gasteiger charge is -2.18. The highest BCUT2D eigenvalue weighted by molar-refractivity contribution is 7.09. The third kappa shape index (κ3) is 4.57. The number of carbonyl (C=O) groups is 1. The predicted octanol–water partition coefficient (Wildman–Crippen LogP) is 3.67. The number of benzene rings is 2. The van der Waals surface area contributed by atoms with Crippen LogP contribution in [-0.4, -0.2) is 24.1 Å². The van der Waals surface area contributed by atoms with Crippen LogP contribution in [0.3, 0.4) is 0 Å². The molecule has 0 fully saturated rings. The van der Waals surface area contributed by atoms with E-state index < -0.39 is 0 Å². The van der Waals surface area contributed by atoms with Crippen LogP contribution < -0.4 is 19.5 Å². The van der Waals surface area contributed by atoms with Crippen molar-refractivity contribution >= 4 is 22.9 Å². The van der Waals surface area contributed by atoms with E-state index in [0.29, 0.717) is 37.0 Å². The molecule has 138 valence electrons. The van der Waals surface area contributed by atoms with Crippen molar-refractivity contribution in [3.63, 3.8) is 0 Å². The number of nitrogens with zero attached hydrogens (tertiary/aromatic N) is 1. The van der Waals surface area contributed by atoms with Gasteiger partial charge in [0.15, 0.2) is 11.5 Å². The van der Waals surface area contributed by atoms with Crippen LogP contribution in [0.5, 0.6) is 17.2 Å². The molecule has 0 saturated carbocycles. The van der Waals surface area contributed by atoms with E-state index in [1.54, 1.807) is 18.2 Å². The number of nitrogens with one attached hydrogen (secondary N) is 1. The van der Waals surface area contributed by atoms with Crippen molar-refractivity contribution in [3.8, 4) is 17.2 Å². The van der Waals surface area contributed by atoms with E-state index in [1.807, 2.05) is 35.7 Å². The molecule has 1 amide bonds. The van der Waals surface area contributed by atoms with Gasteiger partial charge >= 0.3 is 0 Å². The van der Waals surface area contributed by atoms with E-state index in [-0.39, 0.29) is 12.3 Å². The molecule has 6 nitrogen and oxygen atoms in total. The minimum atomic E-state index is -0.132. The third-order valence-electron chi connectivity index (χ3n) is 3.87. The average Bonchev–Trinajstić information content (AvgIpc) is 3.14. The number of aromatic nitrogens is 1. The number of ether oxygens (including phenoxy) is 3. The quantitative estimate of drug-likeness (QED) is 0.704. The highest BCUT2D eigenvalue weighted by atomic mass is 32.1. The van der Waals surface area contributed by atoms with Crippen LogP contribution in [0, 0.1) is 0 Å². The fourth-order valence-electron chi connectivity index (χ4n) is 2.65. The summed E-state index contributed by atoms with van der Waals surface area (Å²) in [6.07, 6.45) is 0.205. The van der Waals surface area contributed by atoms with Crippen LogP contribution >= 0.6 is 11.3 Å². The van der Waals surface area contributed by atoms with Gasteiger partial charge in [-0.1, -0.05) is 18.2 Å². The van der Waals surface area contributed by atoms with Gasteiger partial charge in [0, 0.05) is 17.1 Å². The van der Waals surface area contributed by atoms with Crippen LogP contribution in [0.25, 0.3) is 0 Å². The maximum Gasteiger partial charge on any atom is 0.230 e. The normalized spacial score (nSPS) is 12.4. The lowest BCUT2D eigenvalue weighted by molar-refractivity contribution is -0.115. The van der Waals surface area contributed by atoms with Gasteiger partial charge in [-0.05, 0) is 24.3 Å². The van der Waals surface area contributed by atoms with Crippen molar-refractivity contribution in [3.05, 3.63) is 64.6 Å². The molecule has 0 radical (unpaired) electrons. The van der Waals surface area contributed by atoms with Gasteiger partial charge < -0.3 is 19.5 Å². The molecule has 2 aromatic carbocycles. The maximum absolute atomic E-state index is 12.3. The third-order valence-corrected chi connectivity index (χ3v) is 4.74. The van der Waals surface area contributed by atoms with Crippen LogP contribution in [0.15, 0.2) is 53.9 Å². The molecule has 0 spiro atoms. The molecule has 1 N–H and O–H groups in total. The number of anilines is 1. The Kier molecular flexibility index (Phi) is 5.20. The van der Waals surface area contributed by atoms with Gasteiger partial charge in [-0.2, -0.15) is 0 Å². The second-order valence-electron chi connectivity index (χ2n) is 5.92. The number of rotatable bonds is 6. The van der Waals surface area contributed by atoms with E-state index >= 15 is 0 Å². The van der Waals surface area contributed by atoms with Gasteiger partial charge in [-0.3, -0.25) is 4.79 Å². The van der Waals surface area contributed by atoms with E-state index in [1.165, 1.54) is 11.3 Å². The fourth-order valence-corrected chi connectivity index (χ4v) is 3.35. The Morgan fingerprint density at radius 3 is 2.78 bits per heavy atom. The predicted molar refractivity (Wildman–Crippen MR) is 103 cm³/mol. The van der Waals surface area contributed by atoms with E-state index in [2.05, 4.69) is 10.3 Å². The standard InChI is InChI=1S/C20H18N2O4S/c23-19(21-14-6-7-17-18(10-14)25-9-8-24-17)11-15-13-27-20(22-15)12-26-16-4-2-1-3-5-16/h1-7,10,13H,8-9,11-12H2,(H,21,23). The number of carbonyl (C=O) groups excluding carboxylic acids is 1. The molecule has 0 unspecified atom stereocenters. The summed E-state index contributed by atoms with van der Waals surface area (Å²) in [5, 5.41) is 5.58. The van der Waals surface area contributed by atoms with Crippen LogP contribution in [0.1, 0.15) is 10.7 Å². The highest BCUT2D eigenvalue weighted by Crippen LogP contribution is 2.32. The molecule has 1 aliphatic rings. The number of hydrogen-bond acceptors (Lipinski definition) is 6. The summed E-state index contributed by atoms with van der Waals surface area (Å²) in [5.41, 5.74) is 1.40. The topological polar surface area (TPSA) is 69.7 Å². The van der Waals surface area contributed by atoms with E-state index in [4.69, 9.17) is 14.2 Å². The van der Waals surface area contributed by atoms with Crippen LogP contribution in [-0.2, 0) is 17.8 Å². The molecule has 2 heterocycles. The minimum Gasteiger partial charge on any atom is -0.486 e. The first-order chi connectivity index (χ1) is 13.3. The molecule has 0 saturated heterocycles. The van der Waals surface area contributed by atoms with Crippen molar-refractivity contribution in [2.75, 3.05) is 18.5 Å². The Morgan fingerprint density at radius 1 is 1.11 bits per heavy atom. The summed E-state index contributed by atoms with van der Waals surface area (Å²) in [6.45, 7) is 1.44. The van der Waals surface area contributed by atoms with E-state index in [0.717, 1.165) is 16.5 Å². The molecule has 3 aromatic rings. The number of para-hydroxylation sites is 1. The molecular weight excluding hydrogens is 364 g/mol. The lowest BCUT2D eigenvalue weighted by Crippen LogP contribution is -2.17. The molecular formula is C20H18N2O4S. The maximum atomic E-state index is 12.3. The Labute approximate surface area is 160 Å². The molecule has 4 rings (SSSR count). The smallest absolute Gasteiger partial charge is 0.230 e.